The van der Waals surface area contributed by atoms with Crippen LogP contribution in [0, 0.1) is 0 Å². The average molecular weight is 511 g/mol. The highest BCUT2D eigenvalue weighted by molar-refractivity contribution is 6.09. The first-order chi connectivity index (χ1) is 19.2. The predicted octanol–water partition coefficient (Wildman–Crippen LogP) is 6.79. The number of benzene rings is 3. The summed E-state index contributed by atoms with van der Waals surface area (Å²) in [5.41, 5.74) is 8.00. The molecular weight excluding hydrogens is 484 g/mol. The Labute approximate surface area is 225 Å². The second-order valence-corrected chi connectivity index (χ2v) is 9.71. The first-order valence-corrected chi connectivity index (χ1v) is 12.9. The first-order valence-electron chi connectivity index (χ1n) is 12.9. The van der Waals surface area contributed by atoms with E-state index in [4.69, 9.17) is 19.5 Å². The third kappa shape index (κ3) is 3.95. The van der Waals surface area contributed by atoms with Crippen LogP contribution in [0.25, 0.3) is 50.5 Å². The van der Waals surface area contributed by atoms with Gasteiger partial charge in [-0.2, -0.15) is 0 Å². The fourth-order valence-electron chi connectivity index (χ4n) is 5.16. The standard InChI is InChI=1S/C32H26N6O/c1-36(2)25-17-15-24(16-18-25)30-34-32-28-27(22-10-5-3-6-11-22)29(23-12-7-4-8-13-23)37(20-26-14-9-19-39-26)31(28)33-21-38(32)35-30/h3-19,21H,20H2,1-2H3. The van der Waals surface area contributed by atoms with E-state index in [2.05, 4.69) is 82.3 Å². The monoisotopic (exact) mass is 510 g/mol. The summed E-state index contributed by atoms with van der Waals surface area (Å²) in [7, 11) is 4.06. The molecule has 0 fully saturated rings. The van der Waals surface area contributed by atoms with Crippen molar-refractivity contribution in [2.75, 3.05) is 19.0 Å². The average Bonchev–Trinajstić information content (AvgIpc) is 3.72. The van der Waals surface area contributed by atoms with Gasteiger partial charge in [-0.15, -0.1) is 5.10 Å². The van der Waals surface area contributed by atoms with Crippen molar-refractivity contribution >= 4 is 22.4 Å². The largest absolute Gasteiger partial charge is 0.467 e. The lowest BCUT2D eigenvalue weighted by Crippen LogP contribution is -2.07. The van der Waals surface area contributed by atoms with Crippen molar-refractivity contribution in [3.63, 3.8) is 0 Å². The van der Waals surface area contributed by atoms with Gasteiger partial charge in [-0.3, -0.25) is 0 Å². The van der Waals surface area contributed by atoms with Crippen LogP contribution >= 0.6 is 0 Å². The smallest absolute Gasteiger partial charge is 0.182 e. The summed E-state index contributed by atoms with van der Waals surface area (Å²) in [6.07, 6.45) is 3.46. The first kappa shape index (κ1) is 23.0. The second kappa shape index (κ2) is 9.29. The van der Waals surface area contributed by atoms with Gasteiger partial charge in [0.1, 0.15) is 17.7 Å². The number of nitrogens with zero attached hydrogens (tertiary/aromatic N) is 6. The number of fused-ring (bicyclic) bond motifs is 3. The third-order valence-corrected chi connectivity index (χ3v) is 7.03. The number of aromatic nitrogens is 5. The molecule has 0 saturated heterocycles. The van der Waals surface area contributed by atoms with Crippen molar-refractivity contribution in [3.8, 4) is 33.8 Å². The molecular formula is C32H26N6O. The maximum Gasteiger partial charge on any atom is 0.182 e. The molecule has 190 valence electrons. The summed E-state index contributed by atoms with van der Waals surface area (Å²) < 4.78 is 9.80. The van der Waals surface area contributed by atoms with Crippen LogP contribution in [0.4, 0.5) is 5.69 Å². The van der Waals surface area contributed by atoms with E-state index >= 15 is 0 Å². The zero-order valence-corrected chi connectivity index (χ0v) is 21.7. The lowest BCUT2D eigenvalue weighted by molar-refractivity contribution is 0.497. The highest BCUT2D eigenvalue weighted by Crippen LogP contribution is 2.42. The zero-order valence-electron chi connectivity index (χ0n) is 21.7. The molecule has 0 bridgehead atoms. The van der Waals surface area contributed by atoms with Gasteiger partial charge in [0.15, 0.2) is 11.5 Å². The molecule has 4 aromatic heterocycles. The van der Waals surface area contributed by atoms with Gasteiger partial charge in [0.2, 0.25) is 0 Å². The molecule has 0 aliphatic rings. The molecule has 7 heteroatoms. The molecule has 7 nitrogen and oxygen atoms in total. The maximum absolute atomic E-state index is 5.78. The van der Waals surface area contributed by atoms with Crippen LogP contribution in [-0.4, -0.2) is 38.2 Å². The van der Waals surface area contributed by atoms with E-state index in [9.17, 15) is 0 Å². The minimum atomic E-state index is 0.538. The highest BCUT2D eigenvalue weighted by Gasteiger charge is 2.25. The minimum Gasteiger partial charge on any atom is -0.467 e. The molecule has 4 heterocycles. The molecule has 0 saturated carbocycles. The number of rotatable bonds is 6. The Kier molecular flexibility index (Phi) is 5.48. The summed E-state index contributed by atoms with van der Waals surface area (Å²) >= 11 is 0. The van der Waals surface area contributed by atoms with E-state index < -0.39 is 0 Å². The summed E-state index contributed by atoms with van der Waals surface area (Å²) in [5, 5.41) is 5.79. The molecule has 39 heavy (non-hydrogen) atoms. The fraction of sp³-hybridized carbons (Fsp3) is 0.0938. The lowest BCUT2D eigenvalue weighted by atomic mass is 9.99. The summed E-state index contributed by atoms with van der Waals surface area (Å²) in [5.74, 6) is 1.52. The highest BCUT2D eigenvalue weighted by atomic mass is 16.3. The van der Waals surface area contributed by atoms with Gasteiger partial charge >= 0.3 is 0 Å². The Morgan fingerprint density at radius 3 is 2.13 bits per heavy atom. The van der Waals surface area contributed by atoms with Crippen LogP contribution in [0.3, 0.4) is 0 Å². The van der Waals surface area contributed by atoms with Gasteiger partial charge in [0.25, 0.3) is 0 Å². The molecule has 7 rings (SSSR count). The van der Waals surface area contributed by atoms with Gasteiger partial charge in [-0.25, -0.2) is 14.5 Å². The van der Waals surface area contributed by atoms with Crippen LogP contribution in [-0.2, 0) is 6.54 Å². The normalized spacial score (nSPS) is 11.4. The molecule has 0 aliphatic carbocycles. The molecule has 0 unspecified atom stereocenters. The number of hydrogen-bond acceptors (Lipinski definition) is 5. The van der Waals surface area contributed by atoms with Gasteiger partial charge in [0.05, 0.1) is 23.9 Å². The molecule has 0 N–H and O–H groups in total. The topological polar surface area (TPSA) is 64.4 Å². The van der Waals surface area contributed by atoms with Crippen molar-refractivity contribution < 1.29 is 4.42 Å². The molecule has 0 spiro atoms. The summed E-state index contributed by atoms with van der Waals surface area (Å²) in [6, 6.07) is 33.1. The Morgan fingerprint density at radius 1 is 0.744 bits per heavy atom. The SMILES string of the molecule is CN(C)c1ccc(-c2nc3c4c(-c5ccccc5)c(-c5ccccc5)n(Cc5ccco5)c4ncn3n2)cc1. The lowest BCUT2D eigenvalue weighted by Gasteiger charge is -2.11. The molecule has 0 aliphatic heterocycles. The molecule has 7 aromatic rings. The van der Waals surface area contributed by atoms with E-state index in [1.807, 2.05) is 38.4 Å². The van der Waals surface area contributed by atoms with E-state index in [1.54, 1.807) is 17.1 Å². The van der Waals surface area contributed by atoms with Crippen molar-refractivity contribution in [2.45, 2.75) is 6.54 Å². The second-order valence-electron chi connectivity index (χ2n) is 9.71. The Morgan fingerprint density at radius 2 is 1.46 bits per heavy atom. The number of furan rings is 1. The van der Waals surface area contributed by atoms with Crippen LogP contribution in [0.2, 0.25) is 0 Å². The molecule has 0 radical (unpaired) electrons. The van der Waals surface area contributed by atoms with E-state index in [0.717, 1.165) is 56.1 Å². The summed E-state index contributed by atoms with van der Waals surface area (Å²) in [4.78, 5) is 12.1. The minimum absolute atomic E-state index is 0.538. The number of anilines is 1. The van der Waals surface area contributed by atoms with E-state index in [0.29, 0.717) is 12.4 Å². The zero-order chi connectivity index (χ0) is 26.3. The molecule has 3 aromatic carbocycles. The van der Waals surface area contributed by atoms with Crippen molar-refractivity contribution in [1.82, 2.24) is 24.1 Å². The maximum atomic E-state index is 5.78. The Hall–Kier alpha value is -5.17. The van der Waals surface area contributed by atoms with Crippen molar-refractivity contribution in [1.29, 1.82) is 0 Å². The van der Waals surface area contributed by atoms with Crippen molar-refractivity contribution in [3.05, 3.63) is 115 Å². The predicted molar refractivity (Wildman–Crippen MR) is 155 cm³/mol. The van der Waals surface area contributed by atoms with Crippen molar-refractivity contribution in [2.24, 2.45) is 0 Å². The van der Waals surface area contributed by atoms with Gasteiger partial charge < -0.3 is 13.9 Å². The van der Waals surface area contributed by atoms with Gasteiger partial charge in [-0.05, 0) is 47.5 Å². The molecule has 0 amide bonds. The molecule has 0 atom stereocenters. The fourth-order valence-corrected chi connectivity index (χ4v) is 5.16. The Bertz CT molecular complexity index is 1880. The number of hydrogen-bond donors (Lipinski definition) is 0. The quantitative estimate of drug-likeness (QED) is 0.247. The summed E-state index contributed by atoms with van der Waals surface area (Å²) in [6.45, 7) is 0.538. The van der Waals surface area contributed by atoms with Crippen LogP contribution in [0.15, 0.2) is 114 Å². The van der Waals surface area contributed by atoms with Gasteiger partial charge in [-0.1, -0.05) is 60.7 Å². The van der Waals surface area contributed by atoms with E-state index in [1.165, 1.54) is 0 Å². The van der Waals surface area contributed by atoms with E-state index in [-0.39, 0.29) is 0 Å². The van der Waals surface area contributed by atoms with Crippen LogP contribution in [0.5, 0.6) is 0 Å². The van der Waals surface area contributed by atoms with Crippen LogP contribution < -0.4 is 4.90 Å². The van der Waals surface area contributed by atoms with Gasteiger partial charge in [0, 0.05) is 30.9 Å². The third-order valence-electron chi connectivity index (χ3n) is 7.03. The van der Waals surface area contributed by atoms with Crippen LogP contribution in [0.1, 0.15) is 5.76 Å². The Balaban J connectivity index is 1.54.